The van der Waals surface area contributed by atoms with Gasteiger partial charge >= 0.3 is 0 Å². The van der Waals surface area contributed by atoms with Gasteiger partial charge in [-0.2, -0.15) is 0 Å². The van der Waals surface area contributed by atoms with E-state index in [2.05, 4.69) is 25.9 Å². The summed E-state index contributed by atoms with van der Waals surface area (Å²) < 4.78 is 1.72. The molecule has 0 saturated carbocycles. The molecule has 2 rings (SSSR count). The van der Waals surface area contributed by atoms with Crippen molar-refractivity contribution in [2.75, 3.05) is 5.33 Å². The molecule has 2 heterocycles. The summed E-state index contributed by atoms with van der Waals surface area (Å²) in [7, 11) is 0. The molecule has 0 saturated heterocycles. The molecule has 0 spiro atoms. The maximum absolute atomic E-state index is 9.95. The van der Waals surface area contributed by atoms with Gasteiger partial charge in [0.1, 0.15) is 6.10 Å². The third-order valence-corrected chi connectivity index (χ3v) is 2.88. The van der Waals surface area contributed by atoms with Gasteiger partial charge in [-0.25, -0.2) is 4.98 Å². The average Bonchev–Trinajstić information content (AvgIpc) is 2.72. The van der Waals surface area contributed by atoms with Gasteiger partial charge in [0.05, 0.1) is 24.2 Å². The summed E-state index contributed by atoms with van der Waals surface area (Å²) in [5, 5.41) is 20.3. The van der Waals surface area contributed by atoms with Gasteiger partial charge in [0.25, 0.3) is 0 Å². The molecule has 2 atom stereocenters. The van der Waals surface area contributed by atoms with Crippen molar-refractivity contribution >= 4 is 21.6 Å². The lowest BCUT2D eigenvalue weighted by Gasteiger charge is -2.16. The van der Waals surface area contributed by atoms with Gasteiger partial charge in [-0.1, -0.05) is 15.9 Å². The normalized spacial score (nSPS) is 15.2. The maximum Gasteiger partial charge on any atom is 0.155 e. The van der Waals surface area contributed by atoms with E-state index in [1.54, 1.807) is 29.2 Å². The highest BCUT2D eigenvalue weighted by molar-refractivity contribution is 9.09. The third-order valence-electron chi connectivity index (χ3n) is 2.42. The molecule has 0 amide bonds. The molecule has 2 unspecified atom stereocenters. The highest BCUT2D eigenvalue weighted by Gasteiger charge is 2.21. The molecule has 0 fully saturated rings. The molecule has 0 aliphatic heterocycles. The number of aromatic nitrogens is 3. The fraction of sp³-hybridized carbons (Fsp3) is 0.400. The van der Waals surface area contributed by atoms with Crippen LogP contribution in [0.4, 0.5) is 0 Å². The predicted octanol–water partition coefficient (Wildman–Crippen LogP) is 0.909. The van der Waals surface area contributed by atoms with E-state index in [0.717, 1.165) is 0 Å². The molecule has 0 aliphatic rings. The fourth-order valence-electron chi connectivity index (χ4n) is 1.55. The van der Waals surface area contributed by atoms with Crippen LogP contribution in [0, 0.1) is 0 Å². The molecule has 0 radical (unpaired) electrons. The number of rotatable bonds is 4. The van der Waals surface area contributed by atoms with Gasteiger partial charge in [-0.3, -0.25) is 9.38 Å². The quantitative estimate of drug-likeness (QED) is 0.820. The molecule has 2 aromatic rings. The Morgan fingerprint density at radius 3 is 2.94 bits per heavy atom. The first-order valence-electron chi connectivity index (χ1n) is 4.93. The van der Waals surface area contributed by atoms with Crippen LogP contribution in [0.3, 0.4) is 0 Å². The Kier molecular flexibility index (Phi) is 3.52. The minimum atomic E-state index is -0.935. The average molecular weight is 286 g/mol. The molecule has 0 aliphatic carbocycles. The highest BCUT2D eigenvalue weighted by atomic mass is 79.9. The fourth-order valence-corrected chi connectivity index (χ4v) is 2.02. The lowest BCUT2D eigenvalue weighted by atomic mass is 10.1. The van der Waals surface area contributed by atoms with Gasteiger partial charge in [0.15, 0.2) is 5.65 Å². The van der Waals surface area contributed by atoms with Crippen LogP contribution in [0.15, 0.2) is 24.8 Å². The number of fused-ring (bicyclic) bond motifs is 1. The van der Waals surface area contributed by atoms with Crippen molar-refractivity contribution in [3.05, 3.63) is 30.5 Å². The number of nitrogens with zero attached hydrogens (tertiary/aromatic N) is 3. The zero-order chi connectivity index (χ0) is 11.5. The van der Waals surface area contributed by atoms with Crippen molar-refractivity contribution in [2.45, 2.75) is 18.6 Å². The monoisotopic (exact) mass is 285 g/mol. The van der Waals surface area contributed by atoms with Crippen LogP contribution in [0.25, 0.3) is 5.65 Å². The molecular weight excluding hydrogens is 274 g/mol. The summed E-state index contributed by atoms with van der Waals surface area (Å²) in [5.74, 6) is 0. The lowest BCUT2D eigenvalue weighted by Crippen LogP contribution is -2.19. The molecule has 2 N–H and O–H groups in total. The Morgan fingerprint density at radius 1 is 1.38 bits per heavy atom. The van der Waals surface area contributed by atoms with Crippen LogP contribution < -0.4 is 0 Å². The van der Waals surface area contributed by atoms with Gasteiger partial charge in [0, 0.05) is 17.7 Å². The van der Waals surface area contributed by atoms with Crippen molar-refractivity contribution in [3.8, 4) is 0 Å². The van der Waals surface area contributed by atoms with Crippen LogP contribution in [-0.2, 0) is 0 Å². The standard InChI is InChI=1S/C10H12BrN3O2/c11-2-1-8(15)10(16)7-5-13-9-6-12-3-4-14(7)9/h3-6,8,10,15-16H,1-2H2. The molecule has 2 aromatic heterocycles. The van der Waals surface area contributed by atoms with Crippen molar-refractivity contribution in [3.63, 3.8) is 0 Å². The molecule has 16 heavy (non-hydrogen) atoms. The molecule has 5 nitrogen and oxygen atoms in total. The summed E-state index contributed by atoms with van der Waals surface area (Å²) in [6.07, 6.45) is 5.23. The topological polar surface area (TPSA) is 70.7 Å². The molecular formula is C10H12BrN3O2. The summed E-state index contributed by atoms with van der Waals surface area (Å²) in [6.45, 7) is 0. The van der Waals surface area contributed by atoms with E-state index in [4.69, 9.17) is 0 Å². The first kappa shape index (κ1) is 11.5. The van der Waals surface area contributed by atoms with Crippen molar-refractivity contribution in [1.82, 2.24) is 14.4 Å². The SMILES string of the molecule is OC(CCBr)C(O)c1cnc2cnccn12. The minimum absolute atomic E-state index is 0.486. The number of halogens is 1. The zero-order valence-electron chi connectivity index (χ0n) is 8.49. The van der Waals surface area contributed by atoms with Crippen LogP contribution in [0.2, 0.25) is 0 Å². The van der Waals surface area contributed by atoms with E-state index < -0.39 is 12.2 Å². The molecule has 0 bridgehead atoms. The summed E-state index contributed by atoms with van der Waals surface area (Å²) in [4.78, 5) is 8.03. The second kappa shape index (κ2) is 4.90. The van der Waals surface area contributed by atoms with Gasteiger partial charge in [-0.15, -0.1) is 0 Å². The zero-order valence-corrected chi connectivity index (χ0v) is 10.1. The largest absolute Gasteiger partial charge is 0.390 e. The summed E-state index contributed by atoms with van der Waals surface area (Å²) in [5.41, 5.74) is 1.23. The van der Waals surface area contributed by atoms with Crippen LogP contribution >= 0.6 is 15.9 Å². The first-order chi connectivity index (χ1) is 7.74. The summed E-state index contributed by atoms with van der Waals surface area (Å²) >= 11 is 3.23. The maximum atomic E-state index is 9.95. The first-order valence-corrected chi connectivity index (χ1v) is 6.05. The second-order valence-electron chi connectivity index (χ2n) is 3.48. The Bertz CT molecular complexity index is 474. The number of aliphatic hydroxyl groups excluding tert-OH is 2. The minimum Gasteiger partial charge on any atom is -0.390 e. The van der Waals surface area contributed by atoms with Gasteiger partial charge < -0.3 is 10.2 Å². The number of alkyl halides is 1. The van der Waals surface area contributed by atoms with E-state index in [-0.39, 0.29) is 0 Å². The Morgan fingerprint density at radius 2 is 2.19 bits per heavy atom. The highest BCUT2D eigenvalue weighted by Crippen LogP contribution is 2.20. The van der Waals surface area contributed by atoms with E-state index in [1.807, 2.05) is 0 Å². The Labute approximate surface area is 101 Å². The van der Waals surface area contributed by atoms with Crippen molar-refractivity contribution in [2.24, 2.45) is 0 Å². The molecule has 6 heteroatoms. The van der Waals surface area contributed by atoms with E-state index in [1.165, 1.54) is 0 Å². The smallest absolute Gasteiger partial charge is 0.155 e. The lowest BCUT2D eigenvalue weighted by molar-refractivity contribution is 0.0143. The second-order valence-corrected chi connectivity index (χ2v) is 4.27. The van der Waals surface area contributed by atoms with Gasteiger partial charge in [-0.05, 0) is 6.42 Å². The Balaban J connectivity index is 2.32. The van der Waals surface area contributed by atoms with E-state index in [9.17, 15) is 10.2 Å². The number of imidazole rings is 1. The molecule has 0 aromatic carbocycles. The van der Waals surface area contributed by atoms with E-state index >= 15 is 0 Å². The molecule has 86 valence electrons. The van der Waals surface area contributed by atoms with Crippen molar-refractivity contribution < 1.29 is 10.2 Å². The number of aliphatic hydroxyl groups is 2. The van der Waals surface area contributed by atoms with Crippen LogP contribution in [-0.4, -0.2) is 36.0 Å². The van der Waals surface area contributed by atoms with Crippen LogP contribution in [0.1, 0.15) is 18.2 Å². The van der Waals surface area contributed by atoms with Crippen molar-refractivity contribution in [1.29, 1.82) is 0 Å². The van der Waals surface area contributed by atoms with Crippen LogP contribution in [0.5, 0.6) is 0 Å². The third kappa shape index (κ3) is 2.09. The summed E-state index contributed by atoms with van der Waals surface area (Å²) in [6, 6.07) is 0. The Hall–Kier alpha value is -0.980. The van der Waals surface area contributed by atoms with Gasteiger partial charge in [0.2, 0.25) is 0 Å². The predicted molar refractivity (Wildman–Crippen MR) is 62.4 cm³/mol. The number of hydrogen-bond acceptors (Lipinski definition) is 4. The number of hydrogen-bond donors (Lipinski definition) is 2. The van der Waals surface area contributed by atoms with E-state index in [0.29, 0.717) is 23.1 Å².